The Kier molecular flexibility index (Phi) is 1.89. The Balaban J connectivity index is 3.20. The molecule has 3 heteroatoms. The fourth-order valence-corrected chi connectivity index (χ4v) is 0.849. The molecule has 1 rings (SSSR count). The molecule has 0 spiro atoms. The Morgan fingerprint density at radius 1 is 1.73 bits per heavy atom. The summed E-state index contributed by atoms with van der Waals surface area (Å²) in [7, 11) is 0. The van der Waals surface area contributed by atoms with Crippen LogP contribution in [0.3, 0.4) is 0 Å². The van der Waals surface area contributed by atoms with E-state index in [-0.39, 0.29) is 11.7 Å². The van der Waals surface area contributed by atoms with E-state index < -0.39 is 0 Å². The minimum absolute atomic E-state index is 0.0637. The molecule has 1 heterocycles. The van der Waals surface area contributed by atoms with E-state index in [1.165, 1.54) is 13.0 Å². The van der Waals surface area contributed by atoms with Crippen molar-refractivity contribution < 1.29 is 9.90 Å². The predicted octanol–water partition coefficient (Wildman–Crippen LogP) is 1.10. The van der Waals surface area contributed by atoms with Gasteiger partial charge in [0.05, 0.1) is 5.69 Å². The molecule has 0 fully saturated rings. The third-order valence-corrected chi connectivity index (χ3v) is 1.39. The average molecular weight is 150 g/mol. The molecule has 1 radical (unpaired) electrons. The van der Waals surface area contributed by atoms with Crippen molar-refractivity contribution in [2.75, 3.05) is 0 Å². The number of carbonyl (C=O) groups excluding carboxylic acids is 1. The van der Waals surface area contributed by atoms with Crippen molar-refractivity contribution in [3.05, 3.63) is 23.4 Å². The molecule has 0 saturated heterocycles. The molecule has 0 unspecified atom stereocenters. The summed E-state index contributed by atoms with van der Waals surface area (Å²) in [6, 6.07) is 3.89. The molecule has 0 aliphatic heterocycles. The molecule has 0 atom stereocenters. The van der Waals surface area contributed by atoms with E-state index in [0.29, 0.717) is 11.3 Å². The number of aromatic nitrogens is 1. The van der Waals surface area contributed by atoms with Crippen molar-refractivity contribution in [3.8, 4) is 5.88 Å². The van der Waals surface area contributed by atoms with Crippen LogP contribution in [-0.2, 0) is 0 Å². The number of rotatable bonds is 1. The molecule has 0 bridgehead atoms. The van der Waals surface area contributed by atoms with Crippen LogP contribution >= 0.6 is 0 Å². The summed E-state index contributed by atoms with van der Waals surface area (Å²) in [6.07, 6.45) is 0. The molecule has 57 valence electrons. The molecule has 0 aliphatic carbocycles. The zero-order valence-electron chi connectivity index (χ0n) is 6.38. The van der Waals surface area contributed by atoms with Crippen LogP contribution in [0.25, 0.3) is 0 Å². The van der Waals surface area contributed by atoms with Crippen LogP contribution < -0.4 is 0 Å². The lowest BCUT2D eigenvalue weighted by Gasteiger charge is -1.98. The van der Waals surface area contributed by atoms with Gasteiger partial charge >= 0.3 is 0 Å². The molecule has 3 nitrogen and oxygen atoms in total. The van der Waals surface area contributed by atoms with Crippen LogP contribution in [0.1, 0.15) is 23.0 Å². The fourth-order valence-electron chi connectivity index (χ4n) is 0.849. The van der Waals surface area contributed by atoms with E-state index >= 15 is 0 Å². The summed E-state index contributed by atoms with van der Waals surface area (Å²) in [4.78, 5) is 14.5. The molecule has 0 amide bonds. The number of hydrogen-bond acceptors (Lipinski definition) is 3. The van der Waals surface area contributed by atoms with Gasteiger partial charge in [0, 0.05) is 11.6 Å². The van der Waals surface area contributed by atoms with Gasteiger partial charge in [-0.05, 0) is 19.9 Å². The quantitative estimate of drug-likeness (QED) is 0.610. The summed E-state index contributed by atoms with van der Waals surface area (Å²) in [5.74, 6) is -0.237. The van der Waals surface area contributed by atoms with Crippen molar-refractivity contribution in [2.24, 2.45) is 0 Å². The van der Waals surface area contributed by atoms with E-state index in [2.05, 4.69) is 11.1 Å². The van der Waals surface area contributed by atoms with Crippen molar-refractivity contribution in [1.82, 2.24) is 4.98 Å². The average Bonchev–Trinajstić information content (AvgIpc) is 1.85. The molecule has 0 aliphatic rings. The molecule has 1 aromatic heterocycles. The Morgan fingerprint density at radius 3 is 2.82 bits per heavy atom. The standard InChI is InChI=1S/C8H8NO2/c1-5-7(6(2)10)3-4-8(11)9-5/h3H,1-2H3,(H,9,11). The highest BCUT2D eigenvalue weighted by atomic mass is 16.3. The minimum atomic E-state index is -0.174. The number of nitrogens with zero attached hydrogens (tertiary/aromatic N) is 1. The summed E-state index contributed by atoms with van der Waals surface area (Å²) in [5, 5.41) is 8.84. The number of carbonyl (C=O) groups is 1. The number of Topliss-reactive ketones (excluding diaryl/α,β-unsaturated/α-hetero) is 1. The van der Waals surface area contributed by atoms with Crippen LogP contribution in [-0.4, -0.2) is 15.9 Å². The Bertz CT molecular complexity index is 294. The van der Waals surface area contributed by atoms with E-state index in [9.17, 15) is 4.79 Å². The Hall–Kier alpha value is -1.38. The number of pyridine rings is 1. The molecule has 11 heavy (non-hydrogen) atoms. The van der Waals surface area contributed by atoms with E-state index in [4.69, 9.17) is 5.11 Å². The second-order valence-electron chi connectivity index (χ2n) is 2.28. The lowest BCUT2D eigenvalue weighted by Crippen LogP contribution is -1.97. The first-order valence-corrected chi connectivity index (χ1v) is 3.20. The number of aromatic hydroxyl groups is 1. The van der Waals surface area contributed by atoms with Crippen molar-refractivity contribution in [3.63, 3.8) is 0 Å². The van der Waals surface area contributed by atoms with Crippen LogP contribution in [0.5, 0.6) is 5.88 Å². The van der Waals surface area contributed by atoms with Gasteiger partial charge in [-0.25, -0.2) is 4.98 Å². The van der Waals surface area contributed by atoms with Gasteiger partial charge in [0.1, 0.15) is 0 Å². The lowest BCUT2D eigenvalue weighted by molar-refractivity contribution is 0.101. The van der Waals surface area contributed by atoms with Gasteiger partial charge < -0.3 is 5.11 Å². The molecule has 1 aromatic rings. The van der Waals surface area contributed by atoms with Crippen LogP contribution in [0.15, 0.2) is 6.07 Å². The zero-order valence-corrected chi connectivity index (χ0v) is 6.38. The van der Waals surface area contributed by atoms with Crippen LogP contribution in [0, 0.1) is 13.0 Å². The maximum Gasteiger partial charge on any atom is 0.219 e. The topological polar surface area (TPSA) is 50.2 Å². The lowest BCUT2D eigenvalue weighted by atomic mass is 10.1. The maximum atomic E-state index is 10.8. The highest BCUT2D eigenvalue weighted by molar-refractivity contribution is 5.94. The van der Waals surface area contributed by atoms with Gasteiger partial charge in [-0.15, -0.1) is 0 Å². The van der Waals surface area contributed by atoms with E-state index in [1.807, 2.05) is 0 Å². The Labute approximate surface area is 64.7 Å². The monoisotopic (exact) mass is 150 g/mol. The van der Waals surface area contributed by atoms with Crippen molar-refractivity contribution in [1.29, 1.82) is 0 Å². The van der Waals surface area contributed by atoms with Gasteiger partial charge in [0.25, 0.3) is 0 Å². The zero-order chi connectivity index (χ0) is 8.43. The summed E-state index contributed by atoms with van der Waals surface area (Å²) in [5.41, 5.74) is 1.04. The van der Waals surface area contributed by atoms with Crippen molar-refractivity contribution >= 4 is 5.78 Å². The SMILES string of the molecule is CC(=O)c1c[c]c(O)nc1C. The third-order valence-electron chi connectivity index (χ3n) is 1.39. The van der Waals surface area contributed by atoms with Gasteiger partial charge in [0.2, 0.25) is 5.88 Å². The number of hydrogen-bond donors (Lipinski definition) is 1. The first kappa shape index (κ1) is 7.72. The van der Waals surface area contributed by atoms with Gasteiger partial charge in [0.15, 0.2) is 5.78 Å². The minimum Gasteiger partial charge on any atom is -0.493 e. The van der Waals surface area contributed by atoms with Gasteiger partial charge in [-0.3, -0.25) is 4.79 Å². The predicted molar refractivity (Wildman–Crippen MR) is 39.5 cm³/mol. The maximum absolute atomic E-state index is 10.8. The Morgan fingerprint density at radius 2 is 2.36 bits per heavy atom. The first-order chi connectivity index (χ1) is 5.11. The normalized spacial score (nSPS) is 9.64. The van der Waals surface area contributed by atoms with Crippen LogP contribution in [0.2, 0.25) is 0 Å². The summed E-state index contributed by atoms with van der Waals surface area (Å²) in [6.45, 7) is 3.12. The molecule has 1 N–H and O–H groups in total. The second-order valence-corrected chi connectivity index (χ2v) is 2.28. The molecule has 0 aromatic carbocycles. The first-order valence-electron chi connectivity index (χ1n) is 3.20. The number of ketones is 1. The van der Waals surface area contributed by atoms with E-state index in [1.54, 1.807) is 6.92 Å². The number of aryl methyl sites for hydroxylation is 1. The second kappa shape index (κ2) is 2.70. The molecular formula is C8H8NO2. The van der Waals surface area contributed by atoms with Crippen LogP contribution in [0.4, 0.5) is 0 Å². The highest BCUT2D eigenvalue weighted by Crippen LogP contribution is 2.09. The molecule has 0 saturated carbocycles. The van der Waals surface area contributed by atoms with Gasteiger partial charge in [-0.2, -0.15) is 0 Å². The fraction of sp³-hybridized carbons (Fsp3) is 0.250. The smallest absolute Gasteiger partial charge is 0.219 e. The van der Waals surface area contributed by atoms with Gasteiger partial charge in [-0.1, -0.05) is 0 Å². The summed E-state index contributed by atoms with van der Waals surface area (Å²) >= 11 is 0. The molecular weight excluding hydrogens is 142 g/mol. The highest BCUT2D eigenvalue weighted by Gasteiger charge is 2.04. The largest absolute Gasteiger partial charge is 0.493 e. The summed E-state index contributed by atoms with van der Waals surface area (Å²) < 4.78 is 0. The third kappa shape index (κ3) is 1.55. The van der Waals surface area contributed by atoms with E-state index in [0.717, 1.165) is 0 Å². The van der Waals surface area contributed by atoms with Crippen molar-refractivity contribution in [2.45, 2.75) is 13.8 Å².